The zero-order valence-corrected chi connectivity index (χ0v) is 19.3. The Hall–Kier alpha value is -2.45. The standard InChI is InChI=1S/C26H30F4N2O2/c1-18-13-21(27)7-8-22(18)23-15-32(25(33)16-31-10-2-3-11-31)12-9-24(23)34-17-19-5-4-6-20(14-19)26(28,29)30/h4-8,13-14,23-24H,2-3,9-12,15-17H2,1H3. The maximum absolute atomic E-state index is 13.8. The molecule has 0 radical (unpaired) electrons. The van der Waals surface area contributed by atoms with E-state index in [-0.39, 0.29) is 30.4 Å². The number of carbonyl (C=O) groups is 1. The highest BCUT2D eigenvalue weighted by atomic mass is 19.4. The van der Waals surface area contributed by atoms with Gasteiger partial charge in [0.2, 0.25) is 5.91 Å². The summed E-state index contributed by atoms with van der Waals surface area (Å²) in [6.07, 6.45) is -1.93. The highest BCUT2D eigenvalue weighted by Crippen LogP contribution is 2.34. The normalized spacial score (nSPS) is 21.7. The van der Waals surface area contributed by atoms with E-state index >= 15 is 0 Å². The van der Waals surface area contributed by atoms with E-state index in [1.807, 2.05) is 11.8 Å². The summed E-state index contributed by atoms with van der Waals surface area (Å²) in [4.78, 5) is 17.0. The molecule has 0 aromatic heterocycles. The Bertz CT molecular complexity index is 1000. The summed E-state index contributed by atoms with van der Waals surface area (Å²) < 4.78 is 59.1. The molecule has 2 atom stereocenters. The number of likely N-dealkylation sites (tertiary alicyclic amines) is 2. The number of rotatable bonds is 6. The van der Waals surface area contributed by atoms with Gasteiger partial charge in [0, 0.05) is 19.0 Å². The number of carbonyl (C=O) groups excluding carboxylic acids is 1. The molecule has 0 aliphatic carbocycles. The molecular weight excluding hydrogens is 448 g/mol. The predicted octanol–water partition coefficient (Wildman–Crippen LogP) is 5.15. The van der Waals surface area contributed by atoms with Crippen LogP contribution in [0.4, 0.5) is 17.6 Å². The molecule has 0 bridgehead atoms. The Balaban J connectivity index is 1.49. The zero-order chi connectivity index (χ0) is 24.3. The average Bonchev–Trinajstić information content (AvgIpc) is 3.30. The molecule has 1 amide bonds. The van der Waals surface area contributed by atoms with Crippen molar-refractivity contribution in [1.29, 1.82) is 0 Å². The van der Waals surface area contributed by atoms with Gasteiger partial charge < -0.3 is 9.64 Å². The number of hydrogen-bond donors (Lipinski definition) is 0. The number of aryl methyl sites for hydroxylation is 1. The third kappa shape index (κ3) is 5.96. The maximum atomic E-state index is 13.8. The van der Waals surface area contributed by atoms with Crippen LogP contribution in [0.2, 0.25) is 0 Å². The average molecular weight is 479 g/mol. The van der Waals surface area contributed by atoms with Gasteiger partial charge in [0.1, 0.15) is 5.82 Å². The fourth-order valence-electron chi connectivity index (χ4n) is 4.98. The highest BCUT2D eigenvalue weighted by molar-refractivity contribution is 5.78. The Labute approximate surface area is 197 Å². The molecular formula is C26H30F4N2O2. The van der Waals surface area contributed by atoms with Crippen LogP contribution in [-0.4, -0.2) is 54.5 Å². The van der Waals surface area contributed by atoms with Crippen LogP contribution < -0.4 is 0 Å². The minimum absolute atomic E-state index is 0.0348. The number of alkyl halides is 3. The van der Waals surface area contributed by atoms with Crippen molar-refractivity contribution in [2.45, 2.75) is 51.0 Å². The number of benzene rings is 2. The lowest BCUT2D eigenvalue weighted by molar-refractivity contribution is -0.137. The van der Waals surface area contributed by atoms with Gasteiger partial charge in [-0.3, -0.25) is 9.69 Å². The summed E-state index contributed by atoms with van der Waals surface area (Å²) in [5.41, 5.74) is 1.40. The van der Waals surface area contributed by atoms with Crippen molar-refractivity contribution in [2.75, 3.05) is 32.7 Å². The Morgan fingerprint density at radius 2 is 1.85 bits per heavy atom. The summed E-state index contributed by atoms with van der Waals surface area (Å²) >= 11 is 0. The van der Waals surface area contributed by atoms with Crippen molar-refractivity contribution >= 4 is 5.91 Å². The number of nitrogens with zero attached hydrogens (tertiary/aromatic N) is 2. The number of piperidine rings is 1. The minimum atomic E-state index is -4.41. The first-order valence-corrected chi connectivity index (χ1v) is 11.7. The Morgan fingerprint density at radius 3 is 2.56 bits per heavy atom. The van der Waals surface area contributed by atoms with Crippen molar-refractivity contribution in [3.05, 3.63) is 70.5 Å². The smallest absolute Gasteiger partial charge is 0.373 e. The van der Waals surface area contributed by atoms with Gasteiger partial charge in [-0.05, 0) is 80.2 Å². The number of ether oxygens (including phenoxy) is 1. The Kier molecular flexibility index (Phi) is 7.57. The molecule has 2 heterocycles. The maximum Gasteiger partial charge on any atom is 0.416 e. The topological polar surface area (TPSA) is 32.8 Å². The number of hydrogen-bond acceptors (Lipinski definition) is 3. The third-order valence-corrected chi connectivity index (χ3v) is 6.81. The van der Waals surface area contributed by atoms with Crippen molar-refractivity contribution in [3.63, 3.8) is 0 Å². The van der Waals surface area contributed by atoms with Crippen molar-refractivity contribution < 1.29 is 27.1 Å². The second-order valence-corrected chi connectivity index (χ2v) is 9.27. The van der Waals surface area contributed by atoms with E-state index in [9.17, 15) is 22.4 Å². The van der Waals surface area contributed by atoms with Gasteiger partial charge in [-0.1, -0.05) is 18.2 Å². The van der Waals surface area contributed by atoms with E-state index in [4.69, 9.17) is 4.74 Å². The molecule has 4 nitrogen and oxygen atoms in total. The van der Waals surface area contributed by atoms with Crippen molar-refractivity contribution in [1.82, 2.24) is 9.80 Å². The van der Waals surface area contributed by atoms with Crippen LogP contribution in [0.1, 0.15) is 47.4 Å². The van der Waals surface area contributed by atoms with Crippen LogP contribution in [-0.2, 0) is 22.3 Å². The van der Waals surface area contributed by atoms with Gasteiger partial charge in [0.05, 0.1) is 24.8 Å². The van der Waals surface area contributed by atoms with E-state index < -0.39 is 11.7 Å². The molecule has 2 aromatic carbocycles. The largest absolute Gasteiger partial charge is 0.416 e. The molecule has 0 saturated carbocycles. The fourth-order valence-corrected chi connectivity index (χ4v) is 4.98. The minimum Gasteiger partial charge on any atom is -0.373 e. The van der Waals surface area contributed by atoms with Gasteiger partial charge in [-0.2, -0.15) is 13.2 Å². The molecule has 2 aliphatic rings. The van der Waals surface area contributed by atoms with Gasteiger partial charge in [0.15, 0.2) is 0 Å². The van der Waals surface area contributed by atoms with E-state index in [1.165, 1.54) is 18.2 Å². The summed E-state index contributed by atoms with van der Waals surface area (Å²) in [5, 5.41) is 0. The quantitative estimate of drug-likeness (QED) is 0.539. The van der Waals surface area contributed by atoms with E-state index in [0.717, 1.165) is 49.2 Å². The van der Waals surface area contributed by atoms with Crippen molar-refractivity contribution in [3.8, 4) is 0 Å². The SMILES string of the molecule is Cc1cc(F)ccc1C1CN(C(=O)CN2CCCC2)CCC1OCc1cccc(C(F)(F)F)c1. The molecule has 4 rings (SSSR count). The lowest BCUT2D eigenvalue weighted by Crippen LogP contribution is -2.48. The first-order chi connectivity index (χ1) is 16.2. The first kappa shape index (κ1) is 24.7. The van der Waals surface area contributed by atoms with E-state index in [0.29, 0.717) is 31.6 Å². The van der Waals surface area contributed by atoms with Gasteiger partial charge >= 0.3 is 6.18 Å². The first-order valence-electron chi connectivity index (χ1n) is 11.7. The lowest BCUT2D eigenvalue weighted by atomic mass is 9.85. The molecule has 8 heteroatoms. The second-order valence-electron chi connectivity index (χ2n) is 9.27. The van der Waals surface area contributed by atoms with Crippen LogP contribution >= 0.6 is 0 Å². The van der Waals surface area contributed by atoms with E-state index in [1.54, 1.807) is 12.1 Å². The highest BCUT2D eigenvalue weighted by Gasteiger charge is 2.35. The molecule has 34 heavy (non-hydrogen) atoms. The monoisotopic (exact) mass is 478 g/mol. The summed E-state index contributed by atoms with van der Waals surface area (Å²) in [6.45, 7) is 5.08. The molecule has 2 unspecified atom stereocenters. The second kappa shape index (κ2) is 10.4. The molecule has 2 aliphatic heterocycles. The van der Waals surface area contributed by atoms with Crippen LogP contribution in [0, 0.1) is 12.7 Å². The zero-order valence-electron chi connectivity index (χ0n) is 19.3. The third-order valence-electron chi connectivity index (χ3n) is 6.81. The summed E-state index contributed by atoms with van der Waals surface area (Å²) in [7, 11) is 0. The summed E-state index contributed by atoms with van der Waals surface area (Å²) in [6, 6.07) is 9.72. The summed E-state index contributed by atoms with van der Waals surface area (Å²) in [5.74, 6) is -0.453. The van der Waals surface area contributed by atoms with Crippen LogP contribution in [0.5, 0.6) is 0 Å². The molecule has 0 spiro atoms. The van der Waals surface area contributed by atoms with Crippen molar-refractivity contribution in [2.24, 2.45) is 0 Å². The molecule has 2 fully saturated rings. The van der Waals surface area contributed by atoms with E-state index in [2.05, 4.69) is 4.90 Å². The molecule has 0 N–H and O–H groups in total. The lowest BCUT2D eigenvalue weighted by Gasteiger charge is -2.40. The van der Waals surface area contributed by atoms with Crippen LogP contribution in [0.15, 0.2) is 42.5 Å². The van der Waals surface area contributed by atoms with Crippen LogP contribution in [0.3, 0.4) is 0 Å². The molecule has 2 saturated heterocycles. The molecule has 2 aromatic rings. The number of amides is 1. The number of halogens is 4. The predicted molar refractivity (Wildman–Crippen MR) is 121 cm³/mol. The Morgan fingerprint density at radius 1 is 1.09 bits per heavy atom. The van der Waals surface area contributed by atoms with Gasteiger partial charge in [-0.25, -0.2) is 4.39 Å². The van der Waals surface area contributed by atoms with Crippen LogP contribution in [0.25, 0.3) is 0 Å². The molecule has 184 valence electrons. The fraction of sp³-hybridized carbons (Fsp3) is 0.500. The van der Waals surface area contributed by atoms with Gasteiger partial charge in [0.25, 0.3) is 0 Å². The van der Waals surface area contributed by atoms with Gasteiger partial charge in [-0.15, -0.1) is 0 Å².